The Morgan fingerprint density at radius 1 is 0.952 bits per heavy atom. The van der Waals surface area contributed by atoms with Crippen molar-refractivity contribution in [2.24, 2.45) is 0 Å². The van der Waals surface area contributed by atoms with Crippen molar-refractivity contribution in [2.75, 3.05) is 7.11 Å². The quantitative estimate of drug-likeness (QED) is 0.604. The molecule has 0 saturated heterocycles. The summed E-state index contributed by atoms with van der Waals surface area (Å²) < 4.78 is 10.2. The molecule has 4 nitrogen and oxygen atoms in total. The van der Waals surface area contributed by atoms with Crippen molar-refractivity contribution in [1.29, 1.82) is 0 Å². The Balaban J connectivity index is 1.92. The van der Waals surface area contributed by atoms with Gasteiger partial charge in [-0.2, -0.15) is 0 Å². The Kier molecular flexibility index (Phi) is 5.10. The smallest absolute Gasteiger partial charge is 0.375 e. The third-order valence-corrected chi connectivity index (χ3v) is 2.98. The maximum atomic E-state index is 11.9. The fraction of sp³-hybridized carbons (Fsp3) is 0.176. The normalized spacial score (nSPS) is 9.95. The molecule has 2 aromatic carbocycles. The highest BCUT2D eigenvalue weighted by Gasteiger charge is 2.17. The molecule has 0 radical (unpaired) electrons. The molecule has 0 atom stereocenters. The van der Waals surface area contributed by atoms with E-state index >= 15 is 0 Å². The molecule has 0 aliphatic rings. The second-order valence-corrected chi connectivity index (χ2v) is 4.47. The van der Waals surface area contributed by atoms with Gasteiger partial charge < -0.3 is 9.47 Å². The highest BCUT2D eigenvalue weighted by Crippen LogP contribution is 2.18. The maximum absolute atomic E-state index is 11.9. The SMILES string of the molecule is COc1ccccc1CC(=O)C(=O)OCc1ccccc1. The van der Waals surface area contributed by atoms with Gasteiger partial charge in [-0.05, 0) is 11.6 Å². The zero-order chi connectivity index (χ0) is 15.1. The molecule has 0 aliphatic heterocycles. The first-order valence-corrected chi connectivity index (χ1v) is 6.56. The monoisotopic (exact) mass is 284 g/mol. The van der Waals surface area contributed by atoms with Gasteiger partial charge in [0.15, 0.2) is 0 Å². The van der Waals surface area contributed by atoms with Gasteiger partial charge >= 0.3 is 5.97 Å². The summed E-state index contributed by atoms with van der Waals surface area (Å²) in [6.07, 6.45) is -0.0301. The molecule has 0 N–H and O–H groups in total. The molecule has 4 heteroatoms. The molecule has 0 spiro atoms. The zero-order valence-corrected chi connectivity index (χ0v) is 11.7. The van der Waals surface area contributed by atoms with E-state index in [1.165, 1.54) is 7.11 Å². The molecule has 2 rings (SSSR count). The van der Waals surface area contributed by atoms with Gasteiger partial charge in [-0.25, -0.2) is 4.79 Å². The highest BCUT2D eigenvalue weighted by molar-refractivity contribution is 6.34. The van der Waals surface area contributed by atoms with E-state index in [1.54, 1.807) is 24.3 Å². The van der Waals surface area contributed by atoms with Crippen LogP contribution in [0.5, 0.6) is 5.75 Å². The number of carbonyl (C=O) groups is 2. The lowest BCUT2D eigenvalue weighted by molar-refractivity contribution is -0.154. The second kappa shape index (κ2) is 7.24. The van der Waals surface area contributed by atoms with E-state index in [0.29, 0.717) is 11.3 Å². The molecule has 0 fully saturated rings. The number of ketones is 1. The molecule has 0 saturated carbocycles. The van der Waals surface area contributed by atoms with Crippen LogP contribution in [0.2, 0.25) is 0 Å². The Hall–Kier alpha value is -2.62. The number of Topliss-reactive ketones (excluding diaryl/α,β-unsaturated/α-hetero) is 1. The maximum Gasteiger partial charge on any atom is 0.375 e. The average molecular weight is 284 g/mol. The number of esters is 1. The van der Waals surface area contributed by atoms with Crippen molar-refractivity contribution in [3.8, 4) is 5.75 Å². The molecule has 0 aliphatic carbocycles. The van der Waals surface area contributed by atoms with Crippen molar-refractivity contribution in [3.63, 3.8) is 0 Å². The third kappa shape index (κ3) is 4.18. The van der Waals surface area contributed by atoms with Gasteiger partial charge in [-0.3, -0.25) is 4.79 Å². The van der Waals surface area contributed by atoms with Crippen LogP contribution in [0.25, 0.3) is 0 Å². The third-order valence-electron chi connectivity index (χ3n) is 2.98. The van der Waals surface area contributed by atoms with Crippen molar-refractivity contribution in [3.05, 3.63) is 65.7 Å². The van der Waals surface area contributed by atoms with E-state index in [2.05, 4.69) is 0 Å². The molecule has 0 unspecified atom stereocenters. The summed E-state index contributed by atoms with van der Waals surface area (Å²) in [5.74, 6) is -0.832. The molecular formula is C17H16O4. The summed E-state index contributed by atoms with van der Waals surface area (Å²) in [5, 5.41) is 0. The van der Waals surface area contributed by atoms with Gasteiger partial charge in [0, 0.05) is 12.0 Å². The van der Waals surface area contributed by atoms with Crippen LogP contribution in [0, 0.1) is 0 Å². The summed E-state index contributed by atoms with van der Waals surface area (Å²) in [6.45, 7) is 0.0946. The molecule has 0 aromatic heterocycles. The van der Waals surface area contributed by atoms with Crippen molar-refractivity contribution >= 4 is 11.8 Å². The summed E-state index contributed by atoms with van der Waals surface area (Å²) in [7, 11) is 1.52. The van der Waals surface area contributed by atoms with Crippen molar-refractivity contribution in [2.45, 2.75) is 13.0 Å². The molecule has 0 amide bonds. The Morgan fingerprint density at radius 3 is 2.33 bits per heavy atom. The lowest BCUT2D eigenvalue weighted by atomic mass is 10.1. The molecule has 0 bridgehead atoms. The van der Waals surface area contributed by atoms with Gasteiger partial charge in [0.05, 0.1) is 7.11 Å². The van der Waals surface area contributed by atoms with Gasteiger partial charge in [-0.15, -0.1) is 0 Å². The molecular weight excluding hydrogens is 268 g/mol. The average Bonchev–Trinajstić information content (AvgIpc) is 2.54. The number of hydrogen-bond donors (Lipinski definition) is 0. The van der Waals surface area contributed by atoms with Gasteiger partial charge in [0.2, 0.25) is 5.78 Å². The first kappa shape index (κ1) is 14.8. The number of rotatable bonds is 6. The van der Waals surface area contributed by atoms with Crippen LogP contribution in [0.1, 0.15) is 11.1 Å². The summed E-state index contributed by atoms with van der Waals surface area (Å²) >= 11 is 0. The summed E-state index contributed by atoms with van der Waals surface area (Å²) in [5.41, 5.74) is 1.51. The van der Waals surface area contributed by atoms with Gasteiger partial charge in [-0.1, -0.05) is 48.5 Å². The minimum atomic E-state index is -0.829. The predicted molar refractivity (Wildman–Crippen MR) is 77.9 cm³/mol. The lowest BCUT2D eigenvalue weighted by Gasteiger charge is -2.07. The number of methoxy groups -OCH3 is 1. The number of benzene rings is 2. The minimum Gasteiger partial charge on any atom is -0.496 e. The van der Waals surface area contributed by atoms with Crippen molar-refractivity contribution in [1.82, 2.24) is 0 Å². The predicted octanol–water partition coefficient (Wildman–Crippen LogP) is 2.55. The number of ether oxygens (including phenoxy) is 2. The van der Waals surface area contributed by atoms with E-state index in [9.17, 15) is 9.59 Å². The first-order valence-electron chi connectivity index (χ1n) is 6.56. The van der Waals surface area contributed by atoms with Crippen LogP contribution in [0.3, 0.4) is 0 Å². The van der Waals surface area contributed by atoms with Crippen LogP contribution in [-0.2, 0) is 27.4 Å². The van der Waals surface area contributed by atoms with Crippen LogP contribution in [0.15, 0.2) is 54.6 Å². The summed E-state index contributed by atoms with van der Waals surface area (Å²) in [6, 6.07) is 16.3. The topological polar surface area (TPSA) is 52.6 Å². The largest absolute Gasteiger partial charge is 0.496 e. The Bertz CT molecular complexity index is 620. The molecule has 0 heterocycles. The van der Waals surface area contributed by atoms with Crippen LogP contribution in [-0.4, -0.2) is 18.9 Å². The van der Waals surface area contributed by atoms with Gasteiger partial charge in [0.1, 0.15) is 12.4 Å². The highest BCUT2D eigenvalue weighted by atomic mass is 16.5. The molecule has 2 aromatic rings. The van der Waals surface area contributed by atoms with E-state index in [1.807, 2.05) is 30.3 Å². The van der Waals surface area contributed by atoms with E-state index < -0.39 is 11.8 Å². The zero-order valence-electron chi connectivity index (χ0n) is 11.7. The van der Waals surface area contributed by atoms with Gasteiger partial charge in [0.25, 0.3) is 0 Å². The Labute approximate surface area is 123 Å². The molecule has 108 valence electrons. The first-order chi connectivity index (χ1) is 10.2. The second-order valence-electron chi connectivity index (χ2n) is 4.47. The molecule has 21 heavy (non-hydrogen) atoms. The summed E-state index contributed by atoms with van der Waals surface area (Å²) in [4.78, 5) is 23.6. The number of carbonyl (C=O) groups excluding carboxylic acids is 2. The number of para-hydroxylation sites is 1. The van der Waals surface area contributed by atoms with Crippen LogP contribution >= 0.6 is 0 Å². The fourth-order valence-electron chi connectivity index (χ4n) is 1.90. The standard InChI is InChI=1S/C17H16O4/c1-20-16-10-6-5-9-14(16)11-15(18)17(19)21-12-13-7-3-2-4-8-13/h2-10H,11-12H2,1H3. The van der Waals surface area contributed by atoms with Crippen LogP contribution in [0.4, 0.5) is 0 Å². The Morgan fingerprint density at radius 2 is 1.62 bits per heavy atom. The fourth-order valence-corrected chi connectivity index (χ4v) is 1.90. The van der Waals surface area contributed by atoms with E-state index in [0.717, 1.165) is 5.56 Å². The van der Waals surface area contributed by atoms with Crippen molar-refractivity contribution < 1.29 is 19.1 Å². The lowest BCUT2D eigenvalue weighted by Crippen LogP contribution is -2.19. The van der Waals surface area contributed by atoms with Crippen LogP contribution < -0.4 is 4.74 Å². The van der Waals surface area contributed by atoms with E-state index in [4.69, 9.17) is 9.47 Å². The minimum absolute atomic E-state index is 0.0301. The van der Waals surface area contributed by atoms with E-state index in [-0.39, 0.29) is 13.0 Å². The number of hydrogen-bond acceptors (Lipinski definition) is 4.